The molecule has 1 atom stereocenters. The Morgan fingerprint density at radius 1 is 1.33 bits per heavy atom. The van der Waals surface area contributed by atoms with E-state index in [1.54, 1.807) is 6.20 Å². The minimum Gasteiger partial charge on any atom is -0.374 e. The first kappa shape index (κ1) is 21.3. The minimum atomic E-state index is -0.179. The third kappa shape index (κ3) is 6.30. The predicted molar refractivity (Wildman–Crippen MR) is 106 cm³/mol. The van der Waals surface area contributed by atoms with Gasteiger partial charge in [0.1, 0.15) is 0 Å². The molecule has 0 bridgehead atoms. The van der Waals surface area contributed by atoms with Crippen molar-refractivity contribution in [3.63, 3.8) is 0 Å². The standard InChI is InChI=1S/C19H27N5O2.ClH/c1-15(16-6-3-2-4-7-16)26-13-5-10-21-19(25)18-14-24(23-22-18)17-8-11-20-12-9-17;/h2-4,6-7,14-15,17,20H,5,8-13H2,1H3,(H,21,25);1H. The molecule has 1 unspecified atom stereocenters. The van der Waals surface area contributed by atoms with Crippen LogP contribution in [-0.4, -0.2) is 47.1 Å². The Labute approximate surface area is 166 Å². The Kier molecular flexibility index (Phi) is 8.71. The molecule has 0 saturated carbocycles. The Morgan fingerprint density at radius 2 is 2.07 bits per heavy atom. The molecule has 1 aliphatic rings. The van der Waals surface area contributed by atoms with Gasteiger partial charge in [-0.05, 0) is 44.8 Å². The second-order valence-electron chi connectivity index (χ2n) is 6.60. The molecule has 7 nitrogen and oxygen atoms in total. The summed E-state index contributed by atoms with van der Waals surface area (Å²) in [4.78, 5) is 12.2. The van der Waals surface area contributed by atoms with E-state index >= 15 is 0 Å². The zero-order valence-electron chi connectivity index (χ0n) is 15.6. The topological polar surface area (TPSA) is 81.1 Å². The molecule has 3 rings (SSSR count). The van der Waals surface area contributed by atoms with Gasteiger partial charge >= 0.3 is 0 Å². The second-order valence-corrected chi connectivity index (χ2v) is 6.60. The van der Waals surface area contributed by atoms with E-state index in [1.807, 2.05) is 29.8 Å². The van der Waals surface area contributed by atoms with Crippen molar-refractivity contribution in [2.75, 3.05) is 26.2 Å². The maximum atomic E-state index is 12.2. The Balaban J connectivity index is 0.00000261. The molecule has 1 saturated heterocycles. The molecule has 0 spiro atoms. The van der Waals surface area contributed by atoms with Gasteiger partial charge in [0, 0.05) is 13.2 Å². The van der Waals surface area contributed by atoms with Crippen LogP contribution in [0.4, 0.5) is 0 Å². The molecule has 2 aromatic rings. The smallest absolute Gasteiger partial charge is 0.273 e. The summed E-state index contributed by atoms with van der Waals surface area (Å²) in [7, 11) is 0. The van der Waals surface area contributed by atoms with Gasteiger partial charge in [0.25, 0.3) is 5.91 Å². The van der Waals surface area contributed by atoms with Crippen LogP contribution in [0.2, 0.25) is 0 Å². The van der Waals surface area contributed by atoms with Crippen LogP contribution in [0.15, 0.2) is 36.5 Å². The van der Waals surface area contributed by atoms with Crippen LogP contribution in [0, 0.1) is 0 Å². The van der Waals surface area contributed by atoms with Gasteiger partial charge in [-0.25, -0.2) is 4.68 Å². The number of piperidine rings is 1. The van der Waals surface area contributed by atoms with Crippen molar-refractivity contribution in [2.24, 2.45) is 0 Å². The molecule has 27 heavy (non-hydrogen) atoms. The molecule has 1 aromatic heterocycles. The SMILES string of the molecule is CC(OCCCNC(=O)c1cn(C2CCNCC2)nn1)c1ccccc1.Cl. The highest BCUT2D eigenvalue weighted by Gasteiger charge is 2.18. The first-order valence-corrected chi connectivity index (χ1v) is 9.31. The van der Waals surface area contributed by atoms with Gasteiger partial charge in [-0.2, -0.15) is 0 Å². The van der Waals surface area contributed by atoms with Gasteiger partial charge in [0.05, 0.1) is 18.3 Å². The van der Waals surface area contributed by atoms with Crippen LogP contribution in [0.25, 0.3) is 0 Å². The number of nitrogens with one attached hydrogen (secondary N) is 2. The van der Waals surface area contributed by atoms with Crippen molar-refractivity contribution in [1.29, 1.82) is 0 Å². The number of carbonyl (C=O) groups excluding carboxylic acids is 1. The second kappa shape index (κ2) is 11.0. The summed E-state index contributed by atoms with van der Waals surface area (Å²) in [6.45, 7) is 5.15. The van der Waals surface area contributed by atoms with Gasteiger partial charge in [-0.1, -0.05) is 35.5 Å². The fraction of sp³-hybridized carbons (Fsp3) is 0.526. The van der Waals surface area contributed by atoms with Crippen molar-refractivity contribution >= 4 is 18.3 Å². The summed E-state index contributed by atoms with van der Waals surface area (Å²) < 4.78 is 7.63. The van der Waals surface area contributed by atoms with Crippen LogP contribution < -0.4 is 10.6 Å². The lowest BCUT2D eigenvalue weighted by Crippen LogP contribution is -2.29. The monoisotopic (exact) mass is 393 g/mol. The summed E-state index contributed by atoms with van der Waals surface area (Å²) >= 11 is 0. The number of rotatable bonds is 8. The van der Waals surface area contributed by atoms with Crippen molar-refractivity contribution in [2.45, 2.75) is 38.3 Å². The molecule has 2 heterocycles. The maximum Gasteiger partial charge on any atom is 0.273 e. The zero-order valence-corrected chi connectivity index (χ0v) is 16.5. The van der Waals surface area contributed by atoms with Crippen molar-refractivity contribution in [3.8, 4) is 0 Å². The van der Waals surface area contributed by atoms with Gasteiger partial charge in [-0.15, -0.1) is 17.5 Å². The zero-order chi connectivity index (χ0) is 18.2. The summed E-state index contributed by atoms with van der Waals surface area (Å²) in [5, 5.41) is 14.3. The minimum absolute atomic E-state index is 0. The van der Waals surface area contributed by atoms with E-state index in [2.05, 4.69) is 33.1 Å². The number of hydrogen-bond acceptors (Lipinski definition) is 5. The van der Waals surface area contributed by atoms with Crippen LogP contribution in [0.1, 0.15) is 54.4 Å². The lowest BCUT2D eigenvalue weighted by atomic mass is 10.1. The van der Waals surface area contributed by atoms with Crippen molar-refractivity contribution < 1.29 is 9.53 Å². The number of halogens is 1. The van der Waals surface area contributed by atoms with E-state index in [9.17, 15) is 4.79 Å². The molecule has 8 heteroatoms. The molecular formula is C19H28ClN5O2. The van der Waals surface area contributed by atoms with Crippen LogP contribution >= 0.6 is 12.4 Å². The average molecular weight is 394 g/mol. The largest absolute Gasteiger partial charge is 0.374 e. The maximum absolute atomic E-state index is 12.2. The summed E-state index contributed by atoms with van der Waals surface area (Å²) in [5.74, 6) is -0.179. The first-order valence-electron chi connectivity index (χ1n) is 9.31. The molecule has 148 valence electrons. The van der Waals surface area contributed by atoms with E-state index in [0.717, 1.165) is 37.9 Å². The fourth-order valence-corrected chi connectivity index (χ4v) is 3.08. The molecule has 1 aliphatic heterocycles. The lowest BCUT2D eigenvalue weighted by molar-refractivity contribution is 0.0634. The first-order chi connectivity index (χ1) is 12.7. The fourth-order valence-electron chi connectivity index (χ4n) is 3.08. The molecule has 2 N–H and O–H groups in total. The summed E-state index contributed by atoms with van der Waals surface area (Å²) in [6.07, 6.45) is 4.59. The molecule has 1 aromatic carbocycles. The van der Waals surface area contributed by atoms with Crippen LogP contribution in [-0.2, 0) is 4.74 Å². The average Bonchev–Trinajstić information content (AvgIpc) is 3.19. The van der Waals surface area contributed by atoms with E-state index in [-0.39, 0.29) is 24.4 Å². The lowest BCUT2D eigenvalue weighted by Gasteiger charge is -2.22. The highest BCUT2D eigenvalue weighted by Crippen LogP contribution is 2.17. The molecular weight excluding hydrogens is 366 g/mol. The molecule has 1 fully saturated rings. The van der Waals surface area contributed by atoms with E-state index in [1.165, 1.54) is 0 Å². The number of benzene rings is 1. The van der Waals surface area contributed by atoms with Gasteiger partial charge < -0.3 is 15.4 Å². The third-order valence-electron chi connectivity index (χ3n) is 4.67. The highest BCUT2D eigenvalue weighted by atomic mass is 35.5. The predicted octanol–water partition coefficient (Wildman–Crippen LogP) is 2.52. The number of amides is 1. The van der Waals surface area contributed by atoms with Crippen molar-refractivity contribution in [1.82, 2.24) is 25.6 Å². The van der Waals surface area contributed by atoms with E-state index in [4.69, 9.17) is 4.74 Å². The number of ether oxygens (including phenoxy) is 1. The normalized spacial score (nSPS) is 15.7. The number of hydrogen-bond donors (Lipinski definition) is 2. The Morgan fingerprint density at radius 3 is 2.81 bits per heavy atom. The molecule has 0 radical (unpaired) electrons. The van der Waals surface area contributed by atoms with Crippen LogP contribution in [0.5, 0.6) is 0 Å². The highest BCUT2D eigenvalue weighted by molar-refractivity contribution is 5.91. The number of nitrogens with zero attached hydrogens (tertiary/aromatic N) is 3. The third-order valence-corrected chi connectivity index (χ3v) is 4.67. The van der Waals surface area contributed by atoms with E-state index in [0.29, 0.717) is 24.9 Å². The van der Waals surface area contributed by atoms with Crippen LogP contribution in [0.3, 0.4) is 0 Å². The van der Waals surface area contributed by atoms with Gasteiger partial charge in [0.2, 0.25) is 0 Å². The molecule has 1 amide bonds. The molecule has 0 aliphatic carbocycles. The quantitative estimate of drug-likeness (QED) is 0.673. The van der Waals surface area contributed by atoms with Gasteiger partial charge in [-0.3, -0.25) is 4.79 Å². The number of carbonyl (C=O) groups is 1. The Hall–Kier alpha value is -1.96. The summed E-state index contributed by atoms with van der Waals surface area (Å²) in [6, 6.07) is 10.4. The Bertz CT molecular complexity index is 688. The van der Waals surface area contributed by atoms with Crippen molar-refractivity contribution in [3.05, 3.63) is 47.8 Å². The van der Waals surface area contributed by atoms with Gasteiger partial charge in [0.15, 0.2) is 5.69 Å². The van der Waals surface area contributed by atoms with E-state index < -0.39 is 0 Å². The number of aromatic nitrogens is 3. The summed E-state index contributed by atoms with van der Waals surface area (Å²) in [5.41, 5.74) is 1.54.